The third-order valence-corrected chi connectivity index (χ3v) is 9.98. The third-order valence-electron chi connectivity index (χ3n) is 7.23. The van der Waals surface area contributed by atoms with Crippen molar-refractivity contribution in [3.63, 3.8) is 0 Å². The minimum absolute atomic E-state index is 0.0241. The van der Waals surface area contributed by atoms with Gasteiger partial charge in [-0.3, -0.25) is 13.9 Å². The largest absolute Gasteiger partial charge is 0.352 e. The Labute approximate surface area is 256 Å². The number of halogens is 3. The minimum atomic E-state index is -4.20. The number of hydrogen-bond donors (Lipinski definition) is 1. The zero-order valence-electron chi connectivity index (χ0n) is 22.8. The summed E-state index contributed by atoms with van der Waals surface area (Å²) >= 11 is 18.9. The van der Waals surface area contributed by atoms with Gasteiger partial charge in [0.2, 0.25) is 11.8 Å². The zero-order valence-corrected chi connectivity index (χ0v) is 25.9. The molecule has 1 N–H and O–H groups in total. The maximum absolute atomic E-state index is 14.1. The van der Waals surface area contributed by atoms with E-state index in [2.05, 4.69) is 5.32 Å². The fraction of sp³-hybridized carbons (Fsp3) is 0.333. The first-order valence-corrected chi connectivity index (χ1v) is 15.9. The molecule has 0 spiro atoms. The van der Waals surface area contributed by atoms with Gasteiger partial charge in [-0.25, -0.2) is 8.42 Å². The Morgan fingerprint density at radius 1 is 0.951 bits per heavy atom. The summed E-state index contributed by atoms with van der Waals surface area (Å²) < 4.78 is 28.9. The van der Waals surface area contributed by atoms with Gasteiger partial charge in [0.1, 0.15) is 12.6 Å². The van der Waals surface area contributed by atoms with E-state index in [1.807, 2.05) is 13.0 Å². The van der Waals surface area contributed by atoms with Gasteiger partial charge >= 0.3 is 0 Å². The van der Waals surface area contributed by atoms with Crippen molar-refractivity contribution >= 4 is 62.3 Å². The number of carbonyl (C=O) groups is 2. The first-order valence-electron chi connectivity index (χ1n) is 13.3. The maximum atomic E-state index is 14.1. The van der Waals surface area contributed by atoms with E-state index in [1.165, 1.54) is 29.2 Å². The Morgan fingerprint density at radius 2 is 1.56 bits per heavy atom. The molecule has 0 aromatic heterocycles. The highest BCUT2D eigenvalue weighted by Gasteiger charge is 2.34. The van der Waals surface area contributed by atoms with Gasteiger partial charge in [-0.15, -0.1) is 0 Å². The van der Waals surface area contributed by atoms with E-state index < -0.39 is 28.5 Å². The van der Waals surface area contributed by atoms with Crippen LogP contribution in [-0.4, -0.2) is 43.8 Å². The molecule has 2 amide bonds. The molecule has 1 atom stereocenters. The molecule has 218 valence electrons. The molecule has 0 aliphatic heterocycles. The average molecular weight is 637 g/mol. The van der Waals surface area contributed by atoms with Crippen LogP contribution in [0.1, 0.15) is 43.7 Å². The summed E-state index contributed by atoms with van der Waals surface area (Å²) in [7, 11) is -4.20. The summed E-state index contributed by atoms with van der Waals surface area (Å²) in [5, 5.41) is 4.09. The first kappa shape index (κ1) is 31.2. The van der Waals surface area contributed by atoms with Crippen molar-refractivity contribution < 1.29 is 18.0 Å². The number of amides is 2. The van der Waals surface area contributed by atoms with Crippen LogP contribution >= 0.6 is 34.8 Å². The van der Waals surface area contributed by atoms with Crippen molar-refractivity contribution in [3.8, 4) is 0 Å². The van der Waals surface area contributed by atoms with Crippen LogP contribution in [0.25, 0.3) is 0 Å². The van der Waals surface area contributed by atoms with Crippen LogP contribution < -0.4 is 9.62 Å². The molecule has 4 rings (SSSR count). The Balaban J connectivity index is 1.72. The van der Waals surface area contributed by atoms with Crippen molar-refractivity contribution in [2.75, 3.05) is 10.8 Å². The van der Waals surface area contributed by atoms with E-state index >= 15 is 0 Å². The SMILES string of the molecule is Cc1cccc(N(CC(=O)N(Cc2c(Cl)cccc2Cl)[C@H](C)C(=O)NC2CCCC2)S(=O)(=O)c2ccc(Cl)cc2)c1. The number of carbonyl (C=O) groups excluding carboxylic acids is 2. The van der Waals surface area contributed by atoms with Gasteiger partial charge in [0.15, 0.2) is 0 Å². The first-order chi connectivity index (χ1) is 19.5. The number of nitrogens with zero attached hydrogens (tertiary/aromatic N) is 2. The van der Waals surface area contributed by atoms with Gasteiger partial charge in [-0.05, 0) is 80.8 Å². The second-order valence-electron chi connectivity index (χ2n) is 10.2. The number of anilines is 1. The molecular weight excluding hydrogens is 605 g/mol. The highest BCUT2D eigenvalue weighted by atomic mass is 35.5. The molecule has 0 bridgehead atoms. The molecule has 41 heavy (non-hydrogen) atoms. The monoisotopic (exact) mass is 635 g/mol. The van der Waals surface area contributed by atoms with E-state index in [4.69, 9.17) is 34.8 Å². The molecule has 0 unspecified atom stereocenters. The van der Waals surface area contributed by atoms with Crippen LogP contribution in [0.3, 0.4) is 0 Å². The highest BCUT2D eigenvalue weighted by Crippen LogP contribution is 2.29. The molecule has 0 heterocycles. The van der Waals surface area contributed by atoms with Crippen molar-refractivity contribution in [1.29, 1.82) is 0 Å². The lowest BCUT2D eigenvalue weighted by atomic mass is 10.1. The molecule has 7 nitrogen and oxygen atoms in total. The van der Waals surface area contributed by atoms with Gasteiger partial charge in [-0.2, -0.15) is 0 Å². The molecule has 1 aliphatic rings. The summed E-state index contributed by atoms with van der Waals surface area (Å²) in [5.74, 6) is -0.912. The molecule has 0 saturated heterocycles. The molecule has 0 radical (unpaired) electrons. The third kappa shape index (κ3) is 7.55. The summed E-state index contributed by atoms with van der Waals surface area (Å²) in [6, 6.07) is 16.7. The molecule has 3 aromatic rings. The van der Waals surface area contributed by atoms with Crippen molar-refractivity contribution in [2.45, 2.75) is 63.1 Å². The van der Waals surface area contributed by atoms with E-state index in [-0.39, 0.29) is 23.4 Å². The predicted octanol–water partition coefficient (Wildman–Crippen LogP) is 6.63. The van der Waals surface area contributed by atoms with E-state index in [0.29, 0.717) is 26.3 Å². The lowest BCUT2D eigenvalue weighted by Crippen LogP contribution is -2.52. The quantitative estimate of drug-likeness (QED) is 0.271. The predicted molar refractivity (Wildman–Crippen MR) is 164 cm³/mol. The number of rotatable bonds is 10. The zero-order chi connectivity index (χ0) is 29.7. The fourth-order valence-corrected chi connectivity index (χ4v) is 6.92. The van der Waals surface area contributed by atoms with Crippen molar-refractivity contribution in [1.82, 2.24) is 10.2 Å². The normalized spacial score (nSPS) is 14.5. The summed E-state index contributed by atoms with van der Waals surface area (Å²) in [6.45, 7) is 2.81. The smallest absolute Gasteiger partial charge is 0.264 e. The van der Waals surface area contributed by atoms with Gasteiger partial charge in [0.05, 0.1) is 10.6 Å². The second-order valence-corrected chi connectivity index (χ2v) is 13.3. The highest BCUT2D eigenvalue weighted by molar-refractivity contribution is 7.92. The van der Waals surface area contributed by atoms with Crippen LogP contribution in [0.4, 0.5) is 5.69 Å². The van der Waals surface area contributed by atoms with Crippen LogP contribution in [0.5, 0.6) is 0 Å². The maximum Gasteiger partial charge on any atom is 0.264 e. The van der Waals surface area contributed by atoms with Gasteiger partial charge in [0, 0.05) is 33.2 Å². The Bertz CT molecular complexity index is 1490. The van der Waals surface area contributed by atoms with E-state index in [1.54, 1.807) is 43.3 Å². The lowest BCUT2D eigenvalue weighted by Gasteiger charge is -2.33. The number of benzene rings is 3. The van der Waals surface area contributed by atoms with Crippen molar-refractivity contribution in [3.05, 3.63) is 92.9 Å². The van der Waals surface area contributed by atoms with Gasteiger partial charge in [-0.1, -0.05) is 65.8 Å². The minimum Gasteiger partial charge on any atom is -0.352 e. The van der Waals surface area contributed by atoms with Crippen LogP contribution in [0, 0.1) is 6.92 Å². The molecular formula is C30H32Cl3N3O4S. The molecule has 1 aliphatic carbocycles. The van der Waals surface area contributed by atoms with Crippen LogP contribution in [-0.2, 0) is 26.2 Å². The lowest BCUT2D eigenvalue weighted by molar-refractivity contribution is -0.139. The second kappa shape index (κ2) is 13.5. The van der Waals surface area contributed by atoms with Crippen LogP contribution in [0.15, 0.2) is 71.6 Å². The topological polar surface area (TPSA) is 86.8 Å². The molecule has 1 fully saturated rings. The average Bonchev–Trinajstić information content (AvgIpc) is 3.44. The molecule has 11 heteroatoms. The summed E-state index contributed by atoms with van der Waals surface area (Å²) in [6.07, 6.45) is 3.82. The summed E-state index contributed by atoms with van der Waals surface area (Å²) in [4.78, 5) is 28.7. The number of nitrogens with one attached hydrogen (secondary N) is 1. The number of hydrogen-bond acceptors (Lipinski definition) is 4. The van der Waals surface area contributed by atoms with Crippen molar-refractivity contribution in [2.24, 2.45) is 0 Å². The summed E-state index contributed by atoms with van der Waals surface area (Å²) in [5.41, 5.74) is 1.59. The Morgan fingerprint density at radius 3 is 2.17 bits per heavy atom. The van der Waals surface area contributed by atoms with Gasteiger partial charge in [0.25, 0.3) is 10.0 Å². The van der Waals surface area contributed by atoms with E-state index in [0.717, 1.165) is 35.6 Å². The Kier molecular flexibility index (Phi) is 10.2. The number of aryl methyl sites for hydroxylation is 1. The van der Waals surface area contributed by atoms with Crippen LogP contribution in [0.2, 0.25) is 15.1 Å². The van der Waals surface area contributed by atoms with E-state index in [9.17, 15) is 18.0 Å². The fourth-order valence-electron chi connectivity index (χ4n) is 4.87. The molecule has 1 saturated carbocycles. The standard InChI is InChI=1S/C30H32Cl3N3O4S/c1-20-7-5-10-24(17-20)36(41(39,40)25-15-13-22(31)14-16-25)19-29(37)35(18-26-27(32)11-6-12-28(26)33)21(2)30(38)34-23-8-3-4-9-23/h5-7,10-17,21,23H,3-4,8-9,18-19H2,1-2H3,(H,34,38)/t21-/m1/s1. The van der Waals surface area contributed by atoms with Gasteiger partial charge < -0.3 is 10.2 Å². The molecule has 3 aromatic carbocycles. The number of sulfonamides is 1. The Hall–Kier alpha value is -2.78.